The maximum absolute atomic E-state index is 5.83. The molecule has 0 spiro atoms. The van der Waals surface area contributed by atoms with Crippen molar-refractivity contribution in [2.75, 3.05) is 7.11 Å². The second kappa shape index (κ2) is 9.92. The first-order valence-corrected chi connectivity index (χ1v) is 8.57. The van der Waals surface area contributed by atoms with Gasteiger partial charge in [-0.15, -0.1) is 0 Å². The standard InChI is InChI=1S/C23H25N3O/c1-5-21(23(24)25-3)22(27-4)14-17(2)13-19-11-12-20(26-16-19)15-18-9-7-6-8-10-18/h5-12,14,16H,1-3,13,15,24H2,4H3/b22-14-,23-21+. The molecule has 0 unspecified atom stereocenters. The average molecular weight is 359 g/mol. The number of ether oxygens (including phenoxy) is 1. The van der Waals surface area contributed by atoms with Gasteiger partial charge in [-0.1, -0.05) is 55.6 Å². The lowest BCUT2D eigenvalue weighted by Gasteiger charge is -2.10. The number of aromatic nitrogens is 1. The van der Waals surface area contributed by atoms with Crippen LogP contribution in [0.3, 0.4) is 0 Å². The first kappa shape index (κ1) is 19.9. The largest absolute Gasteiger partial charge is 0.496 e. The summed E-state index contributed by atoms with van der Waals surface area (Å²) in [6.45, 7) is 11.3. The molecular formula is C23H25N3O. The number of nitrogens with two attached hydrogens (primary N) is 1. The third-order valence-electron chi connectivity index (χ3n) is 4.02. The molecular weight excluding hydrogens is 334 g/mol. The molecule has 1 aromatic carbocycles. The highest BCUT2D eigenvalue weighted by Gasteiger charge is 2.08. The molecule has 0 atom stereocenters. The van der Waals surface area contributed by atoms with Crippen molar-refractivity contribution < 1.29 is 4.74 Å². The van der Waals surface area contributed by atoms with Crippen molar-refractivity contribution in [3.05, 3.63) is 114 Å². The van der Waals surface area contributed by atoms with Gasteiger partial charge in [-0.3, -0.25) is 4.98 Å². The van der Waals surface area contributed by atoms with Crippen molar-refractivity contribution >= 4 is 6.72 Å². The first-order chi connectivity index (χ1) is 13.1. The molecule has 0 aliphatic carbocycles. The van der Waals surface area contributed by atoms with Gasteiger partial charge in [0.25, 0.3) is 0 Å². The van der Waals surface area contributed by atoms with Crippen LogP contribution in [0.25, 0.3) is 0 Å². The summed E-state index contributed by atoms with van der Waals surface area (Å²) in [5.74, 6) is 0.811. The summed E-state index contributed by atoms with van der Waals surface area (Å²) in [5.41, 5.74) is 10.6. The maximum Gasteiger partial charge on any atom is 0.133 e. The Kier molecular flexibility index (Phi) is 7.32. The van der Waals surface area contributed by atoms with Crippen LogP contribution in [0.2, 0.25) is 0 Å². The molecule has 0 saturated carbocycles. The van der Waals surface area contributed by atoms with Crippen LogP contribution in [0.5, 0.6) is 0 Å². The van der Waals surface area contributed by atoms with E-state index in [1.54, 1.807) is 13.2 Å². The van der Waals surface area contributed by atoms with Gasteiger partial charge in [0.1, 0.15) is 11.6 Å². The van der Waals surface area contributed by atoms with Gasteiger partial charge in [0.15, 0.2) is 0 Å². The summed E-state index contributed by atoms with van der Waals surface area (Å²) < 4.78 is 5.41. The minimum Gasteiger partial charge on any atom is -0.496 e. The predicted molar refractivity (Wildman–Crippen MR) is 112 cm³/mol. The third-order valence-corrected chi connectivity index (χ3v) is 4.02. The molecule has 2 aromatic rings. The second-order valence-electron chi connectivity index (χ2n) is 6.03. The Balaban J connectivity index is 2.08. The fraction of sp³-hybridized carbons (Fsp3) is 0.130. The molecule has 0 fully saturated rings. The van der Waals surface area contributed by atoms with Crippen molar-refractivity contribution in [1.82, 2.24) is 4.98 Å². The number of hydrogen-bond donors (Lipinski definition) is 1. The summed E-state index contributed by atoms with van der Waals surface area (Å²) in [6.07, 6.45) is 6.77. The SMILES string of the molecule is C=CC(/C(=C/C(=C)Cc1ccc(Cc2ccccc2)nc1)OC)=C(/N)N=C. The molecule has 0 radical (unpaired) electrons. The van der Waals surface area contributed by atoms with Crippen LogP contribution in [0.1, 0.15) is 16.8 Å². The monoisotopic (exact) mass is 359 g/mol. The lowest BCUT2D eigenvalue weighted by molar-refractivity contribution is 0.301. The molecule has 0 aliphatic rings. The van der Waals surface area contributed by atoms with Crippen LogP contribution in [-0.4, -0.2) is 18.8 Å². The van der Waals surface area contributed by atoms with E-state index >= 15 is 0 Å². The number of benzene rings is 1. The van der Waals surface area contributed by atoms with Gasteiger partial charge < -0.3 is 10.5 Å². The molecule has 4 nitrogen and oxygen atoms in total. The van der Waals surface area contributed by atoms with Gasteiger partial charge in [0.05, 0.1) is 12.7 Å². The van der Waals surface area contributed by atoms with E-state index in [1.165, 1.54) is 5.56 Å². The summed E-state index contributed by atoms with van der Waals surface area (Å²) in [4.78, 5) is 8.30. The zero-order chi connectivity index (χ0) is 19.6. The van der Waals surface area contributed by atoms with Crippen LogP contribution in [0, 0.1) is 0 Å². The van der Waals surface area contributed by atoms with Crippen LogP contribution >= 0.6 is 0 Å². The van der Waals surface area contributed by atoms with Crippen LogP contribution in [0.4, 0.5) is 0 Å². The Bertz CT molecular complexity index is 862. The van der Waals surface area contributed by atoms with E-state index in [1.807, 2.05) is 36.5 Å². The van der Waals surface area contributed by atoms with Gasteiger partial charge in [0.2, 0.25) is 0 Å². The van der Waals surface area contributed by atoms with Crippen LogP contribution in [0.15, 0.2) is 102 Å². The first-order valence-electron chi connectivity index (χ1n) is 8.57. The van der Waals surface area contributed by atoms with E-state index in [0.717, 1.165) is 23.3 Å². The molecule has 2 N–H and O–H groups in total. The molecule has 0 saturated heterocycles. The number of nitrogens with zero attached hydrogens (tertiary/aromatic N) is 2. The summed E-state index contributed by atoms with van der Waals surface area (Å²) >= 11 is 0. The molecule has 1 heterocycles. The van der Waals surface area contributed by atoms with Crippen molar-refractivity contribution in [1.29, 1.82) is 0 Å². The maximum atomic E-state index is 5.83. The molecule has 138 valence electrons. The number of aliphatic imine (C=N–C) groups is 1. The smallest absolute Gasteiger partial charge is 0.133 e. The minimum atomic E-state index is 0.262. The lowest BCUT2D eigenvalue weighted by atomic mass is 10.0. The second-order valence-corrected chi connectivity index (χ2v) is 6.03. The Morgan fingerprint density at radius 3 is 2.48 bits per heavy atom. The molecule has 4 heteroatoms. The molecule has 2 rings (SSSR count). The highest BCUT2D eigenvalue weighted by molar-refractivity contribution is 5.44. The van der Waals surface area contributed by atoms with Crippen molar-refractivity contribution in [3.8, 4) is 0 Å². The number of hydrogen-bond acceptors (Lipinski definition) is 4. The third kappa shape index (κ3) is 5.82. The summed E-state index contributed by atoms with van der Waals surface area (Å²) in [6, 6.07) is 14.4. The van der Waals surface area contributed by atoms with Crippen molar-refractivity contribution in [2.45, 2.75) is 12.8 Å². The Morgan fingerprint density at radius 2 is 1.93 bits per heavy atom. The van der Waals surface area contributed by atoms with E-state index in [0.29, 0.717) is 17.8 Å². The van der Waals surface area contributed by atoms with Crippen molar-refractivity contribution in [3.63, 3.8) is 0 Å². The van der Waals surface area contributed by atoms with Crippen LogP contribution < -0.4 is 5.73 Å². The van der Waals surface area contributed by atoms with E-state index in [-0.39, 0.29) is 5.82 Å². The van der Waals surface area contributed by atoms with Gasteiger partial charge >= 0.3 is 0 Å². The van der Waals surface area contributed by atoms with Gasteiger partial charge in [0, 0.05) is 18.3 Å². The zero-order valence-corrected chi connectivity index (χ0v) is 15.7. The highest BCUT2D eigenvalue weighted by Crippen LogP contribution is 2.19. The average Bonchev–Trinajstić information content (AvgIpc) is 2.69. The van der Waals surface area contributed by atoms with Gasteiger partial charge in [-0.2, -0.15) is 0 Å². The summed E-state index contributed by atoms with van der Waals surface area (Å²) in [5, 5.41) is 0. The van der Waals surface area contributed by atoms with E-state index < -0.39 is 0 Å². The Hall–Kier alpha value is -3.40. The Morgan fingerprint density at radius 1 is 1.19 bits per heavy atom. The van der Waals surface area contributed by atoms with E-state index in [4.69, 9.17) is 10.5 Å². The van der Waals surface area contributed by atoms with Gasteiger partial charge in [-0.05, 0) is 42.0 Å². The molecule has 0 aliphatic heterocycles. The topological polar surface area (TPSA) is 60.5 Å². The van der Waals surface area contributed by atoms with E-state index in [9.17, 15) is 0 Å². The van der Waals surface area contributed by atoms with E-state index in [2.05, 4.69) is 48.1 Å². The quantitative estimate of drug-likeness (QED) is 0.411. The van der Waals surface area contributed by atoms with Crippen LogP contribution in [-0.2, 0) is 17.6 Å². The Labute approximate surface area is 161 Å². The number of methoxy groups -OCH3 is 1. The normalized spacial score (nSPS) is 12.1. The summed E-state index contributed by atoms with van der Waals surface area (Å²) in [7, 11) is 1.57. The lowest BCUT2D eigenvalue weighted by Crippen LogP contribution is -2.03. The molecule has 1 aromatic heterocycles. The zero-order valence-electron chi connectivity index (χ0n) is 15.7. The fourth-order valence-electron chi connectivity index (χ4n) is 2.63. The molecule has 0 bridgehead atoms. The van der Waals surface area contributed by atoms with Crippen molar-refractivity contribution in [2.24, 2.45) is 10.7 Å². The number of pyridine rings is 1. The molecule has 27 heavy (non-hydrogen) atoms. The number of allylic oxidation sites excluding steroid dienone is 3. The van der Waals surface area contributed by atoms with Gasteiger partial charge in [-0.25, -0.2) is 4.99 Å². The minimum absolute atomic E-state index is 0.262. The fourth-order valence-corrected chi connectivity index (χ4v) is 2.63. The highest BCUT2D eigenvalue weighted by atomic mass is 16.5. The number of rotatable bonds is 9. The molecule has 0 amide bonds. The predicted octanol–water partition coefficient (Wildman–Crippen LogP) is 4.36.